The minimum atomic E-state index is -0.724. The molecule has 17 heavy (non-hydrogen) atoms. The van der Waals surface area contributed by atoms with Gasteiger partial charge in [0.05, 0.1) is 12.3 Å². The lowest BCUT2D eigenvalue weighted by atomic mass is 9.97. The standard InChI is InChI=1S/C12H17N3O2/c1-8-11(10(16)7-13)12(17)15(14-8)9-5-3-2-4-6-9/h2-3,7-9,11,13-14H,4-6H2,1H3. The maximum Gasteiger partial charge on any atom is 0.249 e. The fourth-order valence-corrected chi connectivity index (χ4v) is 2.48. The van der Waals surface area contributed by atoms with E-state index >= 15 is 0 Å². The summed E-state index contributed by atoms with van der Waals surface area (Å²) in [6, 6.07) is -0.0824. The molecule has 92 valence electrons. The summed E-state index contributed by atoms with van der Waals surface area (Å²) in [6.45, 7) is 1.81. The minimum Gasteiger partial charge on any atom is -0.305 e. The van der Waals surface area contributed by atoms with E-state index in [4.69, 9.17) is 5.41 Å². The van der Waals surface area contributed by atoms with Gasteiger partial charge in [0.15, 0.2) is 5.78 Å². The number of carbonyl (C=O) groups excluding carboxylic acids is 2. The number of nitrogens with one attached hydrogen (secondary N) is 2. The van der Waals surface area contributed by atoms with Crippen LogP contribution in [0.1, 0.15) is 26.2 Å². The number of amides is 1. The van der Waals surface area contributed by atoms with Crippen LogP contribution in [0.4, 0.5) is 0 Å². The normalized spacial score (nSPS) is 32.9. The van der Waals surface area contributed by atoms with Crippen LogP contribution in [0.25, 0.3) is 0 Å². The Balaban J connectivity index is 2.12. The molecular formula is C12H17N3O2. The van der Waals surface area contributed by atoms with Crippen LogP contribution in [0.2, 0.25) is 0 Å². The Kier molecular flexibility index (Phi) is 3.38. The van der Waals surface area contributed by atoms with Crippen LogP contribution in [-0.4, -0.2) is 35.0 Å². The summed E-state index contributed by atoms with van der Waals surface area (Å²) in [5.74, 6) is -1.33. The minimum absolute atomic E-state index is 0.137. The maximum absolute atomic E-state index is 12.1. The lowest BCUT2D eigenvalue weighted by molar-refractivity contribution is -0.137. The molecule has 5 heteroatoms. The Morgan fingerprint density at radius 2 is 2.35 bits per heavy atom. The van der Waals surface area contributed by atoms with E-state index in [2.05, 4.69) is 17.6 Å². The van der Waals surface area contributed by atoms with Crippen LogP contribution in [-0.2, 0) is 9.59 Å². The molecule has 1 aliphatic heterocycles. The molecular weight excluding hydrogens is 218 g/mol. The average Bonchev–Trinajstić information content (AvgIpc) is 2.65. The van der Waals surface area contributed by atoms with Crippen molar-refractivity contribution in [3.05, 3.63) is 12.2 Å². The van der Waals surface area contributed by atoms with Crippen molar-refractivity contribution in [3.8, 4) is 0 Å². The second-order valence-corrected chi connectivity index (χ2v) is 4.59. The predicted octanol–water partition coefficient (Wildman–Crippen LogP) is 0.665. The van der Waals surface area contributed by atoms with Crippen LogP contribution in [0.15, 0.2) is 12.2 Å². The molecule has 5 nitrogen and oxygen atoms in total. The summed E-state index contributed by atoms with van der Waals surface area (Å²) in [4.78, 5) is 23.6. The molecule has 0 bridgehead atoms. The van der Waals surface area contributed by atoms with Crippen LogP contribution in [0.3, 0.4) is 0 Å². The Hall–Kier alpha value is -1.49. The second-order valence-electron chi connectivity index (χ2n) is 4.59. The van der Waals surface area contributed by atoms with Crippen molar-refractivity contribution in [3.63, 3.8) is 0 Å². The SMILES string of the molecule is CC1NN(C2CC=CCC2)C(=O)C1C(=O)C=N. The van der Waals surface area contributed by atoms with Gasteiger partial charge in [0, 0.05) is 6.04 Å². The van der Waals surface area contributed by atoms with Gasteiger partial charge in [-0.15, -0.1) is 0 Å². The van der Waals surface area contributed by atoms with E-state index in [0.717, 1.165) is 25.5 Å². The van der Waals surface area contributed by atoms with E-state index in [1.54, 1.807) is 5.01 Å². The average molecular weight is 235 g/mol. The first-order valence-corrected chi connectivity index (χ1v) is 5.93. The zero-order valence-electron chi connectivity index (χ0n) is 9.85. The fraction of sp³-hybridized carbons (Fsp3) is 0.583. The number of allylic oxidation sites excluding steroid dienone is 1. The second kappa shape index (κ2) is 4.79. The first-order valence-electron chi connectivity index (χ1n) is 5.93. The summed E-state index contributed by atoms with van der Waals surface area (Å²) < 4.78 is 0. The molecule has 0 aromatic carbocycles. The lowest BCUT2D eigenvalue weighted by Gasteiger charge is -2.28. The molecule has 0 saturated carbocycles. The highest BCUT2D eigenvalue weighted by atomic mass is 16.2. The molecule has 0 radical (unpaired) electrons. The summed E-state index contributed by atoms with van der Waals surface area (Å²) in [5.41, 5.74) is 3.06. The molecule has 2 aliphatic rings. The monoisotopic (exact) mass is 235 g/mol. The Bertz CT molecular complexity index is 378. The van der Waals surface area contributed by atoms with Gasteiger partial charge in [-0.25, -0.2) is 5.43 Å². The van der Waals surface area contributed by atoms with Crippen LogP contribution in [0.5, 0.6) is 0 Å². The quantitative estimate of drug-likeness (QED) is 0.429. The highest BCUT2D eigenvalue weighted by molar-refractivity contribution is 6.32. The smallest absolute Gasteiger partial charge is 0.249 e. The van der Waals surface area contributed by atoms with Crippen molar-refractivity contribution in [1.82, 2.24) is 10.4 Å². The third-order valence-electron chi connectivity index (χ3n) is 3.40. The summed E-state index contributed by atoms with van der Waals surface area (Å²) in [5, 5.41) is 8.58. The highest BCUT2D eigenvalue weighted by Crippen LogP contribution is 2.24. The predicted molar refractivity (Wildman–Crippen MR) is 63.5 cm³/mol. The Morgan fingerprint density at radius 3 is 2.94 bits per heavy atom. The first kappa shape index (κ1) is 12.0. The third-order valence-corrected chi connectivity index (χ3v) is 3.40. The van der Waals surface area contributed by atoms with Crippen molar-refractivity contribution in [2.24, 2.45) is 5.92 Å². The summed E-state index contributed by atoms with van der Waals surface area (Å²) >= 11 is 0. The molecule has 3 atom stereocenters. The molecule has 2 rings (SSSR count). The number of nitrogens with zero attached hydrogens (tertiary/aromatic N) is 1. The van der Waals surface area contributed by atoms with Crippen molar-refractivity contribution < 1.29 is 9.59 Å². The van der Waals surface area contributed by atoms with Crippen LogP contribution in [0, 0.1) is 11.3 Å². The van der Waals surface area contributed by atoms with Gasteiger partial charge < -0.3 is 5.41 Å². The Labute approximate surface area is 100 Å². The summed E-state index contributed by atoms with van der Waals surface area (Å²) in [7, 11) is 0. The van der Waals surface area contributed by atoms with Gasteiger partial charge in [0.2, 0.25) is 5.91 Å². The molecule has 1 amide bonds. The molecule has 1 aliphatic carbocycles. The molecule has 1 fully saturated rings. The van der Waals surface area contributed by atoms with E-state index < -0.39 is 11.7 Å². The molecule has 1 saturated heterocycles. The van der Waals surface area contributed by atoms with Gasteiger partial charge in [0.25, 0.3) is 0 Å². The largest absolute Gasteiger partial charge is 0.305 e. The van der Waals surface area contributed by atoms with E-state index in [1.807, 2.05) is 6.92 Å². The van der Waals surface area contributed by atoms with Crippen LogP contribution >= 0.6 is 0 Å². The van der Waals surface area contributed by atoms with Gasteiger partial charge in [-0.3, -0.25) is 14.6 Å². The topological polar surface area (TPSA) is 73.3 Å². The highest BCUT2D eigenvalue weighted by Gasteiger charge is 2.43. The molecule has 0 aromatic heterocycles. The number of ketones is 1. The number of carbonyl (C=O) groups is 2. The van der Waals surface area contributed by atoms with Gasteiger partial charge in [0.1, 0.15) is 5.92 Å². The van der Waals surface area contributed by atoms with E-state index in [1.165, 1.54) is 0 Å². The first-order chi connectivity index (χ1) is 8.15. The van der Waals surface area contributed by atoms with Gasteiger partial charge >= 0.3 is 0 Å². The fourth-order valence-electron chi connectivity index (χ4n) is 2.48. The van der Waals surface area contributed by atoms with Crippen LogP contribution < -0.4 is 5.43 Å². The number of hydrazine groups is 1. The molecule has 2 N–H and O–H groups in total. The summed E-state index contributed by atoms with van der Waals surface area (Å²) in [6.07, 6.45) is 7.64. The van der Waals surface area contributed by atoms with Crippen molar-refractivity contribution in [1.29, 1.82) is 5.41 Å². The van der Waals surface area contributed by atoms with Crippen molar-refractivity contribution >= 4 is 17.9 Å². The zero-order chi connectivity index (χ0) is 12.4. The zero-order valence-corrected chi connectivity index (χ0v) is 9.85. The number of rotatable bonds is 3. The third kappa shape index (κ3) is 2.15. The van der Waals surface area contributed by atoms with E-state index in [9.17, 15) is 9.59 Å². The molecule has 0 spiro atoms. The van der Waals surface area contributed by atoms with Gasteiger partial charge in [-0.1, -0.05) is 12.2 Å². The molecule has 1 heterocycles. The number of hydrogen-bond acceptors (Lipinski definition) is 4. The van der Waals surface area contributed by atoms with Gasteiger partial charge in [-0.05, 0) is 26.2 Å². The maximum atomic E-state index is 12.1. The van der Waals surface area contributed by atoms with E-state index in [-0.39, 0.29) is 18.0 Å². The molecule has 3 unspecified atom stereocenters. The number of hydrogen-bond donors (Lipinski definition) is 2. The van der Waals surface area contributed by atoms with Crippen molar-refractivity contribution in [2.45, 2.75) is 38.3 Å². The lowest BCUT2D eigenvalue weighted by Crippen LogP contribution is -2.45. The van der Waals surface area contributed by atoms with Crippen molar-refractivity contribution in [2.75, 3.05) is 0 Å². The Morgan fingerprint density at radius 1 is 1.59 bits per heavy atom. The molecule has 0 aromatic rings. The van der Waals surface area contributed by atoms with Gasteiger partial charge in [-0.2, -0.15) is 0 Å². The van der Waals surface area contributed by atoms with E-state index in [0.29, 0.717) is 0 Å². The number of Topliss-reactive ketones (excluding diaryl/α,β-unsaturated/α-hetero) is 1.